The first-order valence-corrected chi connectivity index (χ1v) is 12.2. The first-order chi connectivity index (χ1) is 16.7. The molecule has 2 heterocycles. The molecular formula is C25H23N5O4S. The molecule has 0 spiro atoms. The summed E-state index contributed by atoms with van der Waals surface area (Å²) < 4.78 is 1.64. The van der Waals surface area contributed by atoms with E-state index in [0.717, 1.165) is 5.70 Å². The standard InChI is InChI=1S/C25H23N5O4S/c1-25(2)12-18-21(19(31)13-25)22(16-8-10-17(11-9-16)30(33)34)29-23(26-18)27-24(28-29)35-14-20(32)15-6-4-3-5-7-15/h3-11,22H,12-14H2,1-2H3,(H,26,27,28)/t22-/m1/s1. The van der Waals surface area contributed by atoms with Gasteiger partial charge in [-0.15, -0.1) is 5.10 Å². The third-order valence-corrected chi connectivity index (χ3v) is 7.00. The summed E-state index contributed by atoms with van der Waals surface area (Å²) in [6.45, 7) is 4.10. The van der Waals surface area contributed by atoms with Gasteiger partial charge in [-0.05, 0) is 29.5 Å². The second-order valence-electron chi connectivity index (χ2n) is 9.45. The third kappa shape index (κ3) is 4.49. The van der Waals surface area contributed by atoms with Gasteiger partial charge in [-0.2, -0.15) is 4.98 Å². The second kappa shape index (κ2) is 8.77. The molecule has 1 aromatic heterocycles. The third-order valence-electron chi connectivity index (χ3n) is 6.16. The maximum atomic E-state index is 13.3. The van der Waals surface area contributed by atoms with Crippen molar-refractivity contribution < 1.29 is 14.5 Å². The highest BCUT2D eigenvalue weighted by molar-refractivity contribution is 7.99. The maximum Gasteiger partial charge on any atom is 0.269 e. The molecule has 0 fully saturated rings. The van der Waals surface area contributed by atoms with Crippen molar-refractivity contribution in [2.45, 2.75) is 37.9 Å². The molecule has 0 bridgehead atoms. The lowest BCUT2D eigenvalue weighted by molar-refractivity contribution is -0.384. The topological polar surface area (TPSA) is 120 Å². The van der Waals surface area contributed by atoms with E-state index in [1.165, 1.54) is 23.9 Å². The number of anilines is 1. The van der Waals surface area contributed by atoms with E-state index in [0.29, 0.717) is 40.6 Å². The van der Waals surface area contributed by atoms with Crippen LogP contribution < -0.4 is 5.32 Å². The fraction of sp³-hybridized carbons (Fsp3) is 0.280. The Hall–Kier alpha value is -3.79. The van der Waals surface area contributed by atoms with Gasteiger partial charge in [0.05, 0.1) is 10.7 Å². The number of benzene rings is 2. The molecule has 1 N–H and O–H groups in total. The lowest BCUT2D eigenvalue weighted by Crippen LogP contribution is -2.36. The van der Waals surface area contributed by atoms with Gasteiger partial charge < -0.3 is 5.32 Å². The highest BCUT2D eigenvalue weighted by atomic mass is 32.2. The number of fused-ring (bicyclic) bond motifs is 1. The zero-order chi connectivity index (χ0) is 24.7. The van der Waals surface area contributed by atoms with Crippen LogP contribution in [0.25, 0.3) is 0 Å². The Bertz CT molecular complexity index is 1360. The average Bonchev–Trinajstić information content (AvgIpc) is 3.23. The van der Waals surface area contributed by atoms with E-state index in [9.17, 15) is 19.7 Å². The highest BCUT2D eigenvalue weighted by Crippen LogP contribution is 2.45. The van der Waals surface area contributed by atoms with Crippen molar-refractivity contribution in [1.82, 2.24) is 14.8 Å². The van der Waals surface area contributed by atoms with E-state index in [1.807, 2.05) is 32.0 Å². The van der Waals surface area contributed by atoms with Gasteiger partial charge in [0.25, 0.3) is 5.69 Å². The Kier molecular flexibility index (Phi) is 5.76. The number of thioether (sulfide) groups is 1. The van der Waals surface area contributed by atoms with Gasteiger partial charge in [-0.1, -0.05) is 55.9 Å². The van der Waals surface area contributed by atoms with Crippen LogP contribution in [0, 0.1) is 15.5 Å². The molecule has 0 unspecified atom stereocenters. The number of nitrogens with one attached hydrogen (secondary N) is 1. The van der Waals surface area contributed by atoms with Crippen molar-refractivity contribution in [2.75, 3.05) is 11.1 Å². The molecule has 1 aliphatic carbocycles. The monoisotopic (exact) mass is 489 g/mol. The van der Waals surface area contributed by atoms with Crippen molar-refractivity contribution in [3.05, 3.63) is 87.1 Å². The molecule has 0 saturated carbocycles. The molecule has 0 saturated heterocycles. The lowest BCUT2D eigenvalue weighted by atomic mass is 9.73. The molecule has 0 amide bonds. The maximum absolute atomic E-state index is 13.3. The Morgan fingerprint density at radius 1 is 1.17 bits per heavy atom. The molecule has 3 aromatic rings. The van der Waals surface area contributed by atoms with E-state index < -0.39 is 11.0 Å². The van der Waals surface area contributed by atoms with Crippen molar-refractivity contribution in [3.8, 4) is 0 Å². The van der Waals surface area contributed by atoms with Gasteiger partial charge >= 0.3 is 0 Å². The highest BCUT2D eigenvalue weighted by Gasteiger charge is 2.42. The number of carbonyl (C=O) groups excluding carboxylic acids is 2. The van der Waals surface area contributed by atoms with Crippen LogP contribution in [-0.4, -0.2) is 37.0 Å². The molecule has 178 valence electrons. The second-order valence-corrected chi connectivity index (χ2v) is 10.4. The van der Waals surface area contributed by atoms with E-state index in [-0.39, 0.29) is 28.4 Å². The number of rotatable bonds is 6. The number of Topliss-reactive ketones (excluding diaryl/α,β-unsaturated/α-hetero) is 2. The first kappa shape index (κ1) is 23.0. The number of nitro groups is 1. The molecule has 1 aliphatic heterocycles. The fourth-order valence-corrected chi connectivity index (χ4v) is 5.30. The van der Waals surface area contributed by atoms with Crippen LogP contribution in [0.3, 0.4) is 0 Å². The van der Waals surface area contributed by atoms with Gasteiger partial charge in [-0.25, -0.2) is 4.68 Å². The summed E-state index contributed by atoms with van der Waals surface area (Å²) in [5.74, 6) is 0.640. The average molecular weight is 490 g/mol. The Morgan fingerprint density at radius 2 is 1.89 bits per heavy atom. The zero-order valence-corrected chi connectivity index (χ0v) is 20.0. The van der Waals surface area contributed by atoms with E-state index in [2.05, 4.69) is 15.4 Å². The molecule has 35 heavy (non-hydrogen) atoms. The smallest absolute Gasteiger partial charge is 0.269 e. The summed E-state index contributed by atoms with van der Waals surface area (Å²) in [4.78, 5) is 41.1. The van der Waals surface area contributed by atoms with Gasteiger partial charge in [0.2, 0.25) is 11.1 Å². The zero-order valence-electron chi connectivity index (χ0n) is 19.2. The van der Waals surface area contributed by atoms with Gasteiger partial charge in [0, 0.05) is 35.4 Å². The number of nitro benzene ring substituents is 1. The number of hydrogen-bond acceptors (Lipinski definition) is 8. The molecule has 2 aliphatic rings. The van der Waals surface area contributed by atoms with Crippen LogP contribution in [0.5, 0.6) is 0 Å². The minimum absolute atomic E-state index is 0.0155. The van der Waals surface area contributed by atoms with E-state index >= 15 is 0 Å². The van der Waals surface area contributed by atoms with Crippen LogP contribution >= 0.6 is 11.8 Å². The van der Waals surface area contributed by atoms with Crippen molar-refractivity contribution >= 4 is 35.0 Å². The normalized spacial score (nSPS) is 18.5. The number of non-ortho nitro benzene ring substituents is 1. The minimum Gasteiger partial charge on any atom is -0.328 e. The Labute approximate surface area is 205 Å². The summed E-state index contributed by atoms with van der Waals surface area (Å²) in [6, 6.07) is 14.6. The summed E-state index contributed by atoms with van der Waals surface area (Å²) >= 11 is 1.23. The van der Waals surface area contributed by atoms with Crippen LogP contribution in [-0.2, 0) is 4.79 Å². The van der Waals surface area contributed by atoms with Crippen molar-refractivity contribution in [3.63, 3.8) is 0 Å². The quantitative estimate of drug-likeness (QED) is 0.226. The number of hydrogen-bond donors (Lipinski definition) is 1. The summed E-state index contributed by atoms with van der Waals surface area (Å²) in [5.41, 5.74) is 2.50. The van der Waals surface area contributed by atoms with Gasteiger partial charge in [0.15, 0.2) is 11.6 Å². The number of ketones is 2. The Morgan fingerprint density at radius 3 is 2.57 bits per heavy atom. The van der Waals surface area contributed by atoms with Crippen LogP contribution in [0.1, 0.15) is 48.7 Å². The molecule has 5 rings (SSSR count). The van der Waals surface area contributed by atoms with E-state index in [1.54, 1.807) is 28.9 Å². The van der Waals surface area contributed by atoms with Gasteiger partial charge in [-0.3, -0.25) is 19.7 Å². The van der Waals surface area contributed by atoms with Crippen molar-refractivity contribution in [2.24, 2.45) is 5.41 Å². The number of allylic oxidation sites excluding steroid dienone is 2. The number of carbonyl (C=O) groups is 2. The van der Waals surface area contributed by atoms with Crippen molar-refractivity contribution in [1.29, 1.82) is 0 Å². The van der Waals surface area contributed by atoms with Crippen LogP contribution in [0.15, 0.2) is 71.0 Å². The molecule has 1 atom stereocenters. The molecule has 10 heteroatoms. The number of aromatic nitrogens is 3. The predicted octanol–water partition coefficient (Wildman–Crippen LogP) is 4.82. The predicted molar refractivity (Wildman–Crippen MR) is 131 cm³/mol. The summed E-state index contributed by atoms with van der Waals surface area (Å²) in [7, 11) is 0. The summed E-state index contributed by atoms with van der Waals surface area (Å²) in [5, 5.41) is 19.5. The van der Waals surface area contributed by atoms with Crippen LogP contribution in [0.2, 0.25) is 0 Å². The largest absolute Gasteiger partial charge is 0.328 e. The summed E-state index contributed by atoms with van der Waals surface area (Å²) in [6.07, 6.45) is 1.06. The van der Waals surface area contributed by atoms with Gasteiger partial charge in [0.1, 0.15) is 6.04 Å². The van der Waals surface area contributed by atoms with E-state index in [4.69, 9.17) is 0 Å². The first-order valence-electron chi connectivity index (χ1n) is 11.2. The molecule has 9 nitrogen and oxygen atoms in total. The number of nitrogens with zero attached hydrogens (tertiary/aromatic N) is 4. The molecule has 2 aromatic carbocycles. The Balaban J connectivity index is 1.50. The molecular weight excluding hydrogens is 466 g/mol. The SMILES string of the molecule is CC1(C)CC(=O)C2=C(C1)Nc1nc(SCC(=O)c3ccccc3)nn1[C@@H]2c1ccc([N+](=O)[O-])cc1. The molecule has 0 radical (unpaired) electrons. The fourth-order valence-electron chi connectivity index (χ4n) is 4.57. The minimum atomic E-state index is -0.558. The lowest BCUT2D eigenvalue weighted by Gasteiger charge is -2.38. The van der Waals surface area contributed by atoms with Crippen LogP contribution in [0.4, 0.5) is 11.6 Å².